The molecule has 21 heavy (non-hydrogen) atoms. The van der Waals surface area contributed by atoms with Crippen LogP contribution in [0.25, 0.3) is 11.0 Å². The van der Waals surface area contributed by atoms with E-state index in [1.54, 1.807) is 0 Å². The van der Waals surface area contributed by atoms with E-state index in [-0.39, 0.29) is 22.3 Å². The minimum absolute atomic E-state index is 0.0195. The molecule has 112 valence electrons. The predicted octanol–water partition coefficient (Wildman–Crippen LogP) is -2.01. The average Bonchev–Trinajstić information content (AvgIpc) is 2.76. The van der Waals surface area contributed by atoms with Crippen molar-refractivity contribution in [3.63, 3.8) is 0 Å². The van der Waals surface area contributed by atoms with Gasteiger partial charge >= 0.3 is 0 Å². The Hall–Kier alpha value is -2.07. The first-order valence-electron chi connectivity index (χ1n) is 6.28. The first-order chi connectivity index (χ1) is 10.0. The number of rotatable bonds is 2. The van der Waals surface area contributed by atoms with E-state index in [0.29, 0.717) is 0 Å². The fraction of sp³-hybridized carbons (Fsp3) is 0.417. The van der Waals surface area contributed by atoms with Crippen molar-refractivity contribution in [2.75, 3.05) is 12.3 Å². The van der Waals surface area contributed by atoms with Crippen LogP contribution >= 0.6 is 0 Å². The fourth-order valence-corrected chi connectivity index (χ4v) is 2.44. The van der Waals surface area contributed by atoms with Crippen molar-refractivity contribution in [2.24, 2.45) is 0 Å². The Morgan fingerprint density at radius 2 is 2.10 bits per heavy atom. The summed E-state index contributed by atoms with van der Waals surface area (Å²) in [6.07, 6.45) is -1.85. The summed E-state index contributed by atoms with van der Waals surface area (Å²) in [6, 6.07) is 1.25. The van der Waals surface area contributed by atoms with Gasteiger partial charge in [-0.1, -0.05) is 0 Å². The summed E-state index contributed by atoms with van der Waals surface area (Å²) in [6.45, 7) is -0.440. The lowest BCUT2D eigenvalue weighted by molar-refractivity contribution is -0.0511. The van der Waals surface area contributed by atoms with Gasteiger partial charge in [0.15, 0.2) is 17.3 Å². The van der Waals surface area contributed by atoms with Gasteiger partial charge in [0, 0.05) is 12.3 Å². The summed E-state index contributed by atoms with van der Waals surface area (Å²) >= 11 is 0. The molecule has 2 aromatic heterocycles. The quantitative estimate of drug-likeness (QED) is 0.497. The maximum Gasteiger partial charge on any atom is 0.194 e. The molecule has 1 unspecified atom stereocenters. The number of hydrogen-bond acceptors (Lipinski definition) is 8. The van der Waals surface area contributed by atoms with Gasteiger partial charge in [-0.3, -0.25) is 4.79 Å². The molecule has 4 atom stereocenters. The molecular weight excluding hydrogens is 280 g/mol. The Bertz CT molecular complexity index is 733. The Kier molecular flexibility index (Phi) is 3.33. The lowest BCUT2D eigenvalue weighted by Gasteiger charge is -2.20. The average molecular weight is 294 g/mol. The van der Waals surface area contributed by atoms with Crippen LogP contribution in [0.2, 0.25) is 0 Å². The van der Waals surface area contributed by atoms with Crippen molar-refractivity contribution in [3.8, 4) is 0 Å². The van der Waals surface area contributed by atoms with Gasteiger partial charge in [-0.25, -0.2) is 9.97 Å². The van der Waals surface area contributed by atoms with Crippen LogP contribution in [-0.4, -0.2) is 54.8 Å². The SMILES string of the molecule is Nc1ncnc2c1c(=O)ccn2[C@@H]1O[C@H](CO)[C@@H](O)C1O. The molecule has 9 nitrogen and oxygen atoms in total. The van der Waals surface area contributed by atoms with E-state index >= 15 is 0 Å². The van der Waals surface area contributed by atoms with Crippen LogP contribution in [0.3, 0.4) is 0 Å². The van der Waals surface area contributed by atoms with E-state index in [4.69, 9.17) is 15.6 Å². The van der Waals surface area contributed by atoms with Gasteiger partial charge < -0.3 is 30.4 Å². The molecule has 1 aliphatic heterocycles. The predicted molar refractivity (Wildman–Crippen MR) is 71.2 cm³/mol. The lowest BCUT2D eigenvalue weighted by Crippen LogP contribution is -2.33. The highest BCUT2D eigenvalue weighted by Gasteiger charge is 2.43. The van der Waals surface area contributed by atoms with Crippen LogP contribution in [0, 0.1) is 0 Å². The van der Waals surface area contributed by atoms with Gasteiger partial charge in [0.05, 0.1) is 6.61 Å². The van der Waals surface area contributed by atoms with E-state index in [1.165, 1.54) is 23.2 Å². The van der Waals surface area contributed by atoms with E-state index in [1.807, 2.05) is 0 Å². The molecule has 0 saturated carbocycles. The number of anilines is 1. The van der Waals surface area contributed by atoms with Crippen LogP contribution in [0.5, 0.6) is 0 Å². The van der Waals surface area contributed by atoms with Crippen LogP contribution in [0.15, 0.2) is 23.4 Å². The number of ether oxygens (including phenoxy) is 1. The third-order valence-electron chi connectivity index (χ3n) is 3.53. The number of aliphatic hydroxyl groups excluding tert-OH is 3. The number of nitrogen functional groups attached to an aromatic ring is 1. The second-order valence-corrected chi connectivity index (χ2v) is 4.77. The van der Waals surface area contributed by atoms with Crippen molar-refractivity contribution < 1.29 is 20.1 Å². The molecule has 0 amide bonds. The summed E-state index contributed by atoms with van der Waals surface area (Å²) in [4.78, 5) is 19.6. The summed E-state index contributed by atoms with van der Waals surface area (Å²) < 4.78 is 6.81. The smallest absolute Gasteiger partial charge is 0.194 e. The van der Waals surface area contributed by atoms with Gasteiger partial charge in [0.2, 0.25) is 0 Å². The van der Waals surface area contributed by atoms with Gasteiger partial charge in [0.25, 0.3) is 0 Å². The van der Waals surface area contributed by atoms with Gasteiger partial charge in [0.1, 0.15) is 35.8 Å². The molecule has 0 aromatic carbocycles. The van der Waals surface area contributed by atoms with Crippen LogP contribution in [0.1, 0.15) is 6.23 Å². The minimum atomic E-state index is -1.27. The molecule has 0 spiro atoms. The minimum Gasteiger partial charge on any atom is -0.394 e. The van der Waals surface area contributed by atoms with Crippen LogP contribution < -0.4 is 11.2 Å². The Morgan fingerprint density at radius 1 is 1.33 bits per heavy atom. The van der Waals surface area contributed by atoms with Crippen molar-refractivity contribution >= 4 is 16.9 Å². The number of fused-ring (bicyclic) bond motifs is 1. The van der Waals surface area contributed by atoms with E-state index < -0.39 is 31.1 Å². The highest BCUT2D eigenvalue weighted by atomic mass is 16.6. The molecule has 3 heterocycles. The first kappa shape index (κ1) is 13.9. The zero-order valence-corrected chi connectivity index (χ0v) is 10.8. The second kappa shape index (κ2) is 5.04. The number of nitrogens with zero attached hydrogens (tertiary/aromatic N) is 3. The van der Waals surface area contributed by atoms with Gasteiger partial charge in [-0.2, -0.15) is 0 Å². The summed E-state index contributed by atoms with van der Waals surface area (Å²) in [5, 5.41) is 29.1. The van der Waals surface area contributed by atoms with Crippen molar-refractivity contribution in [2.45, 2.75) is 24.5 Å². The topological polar surface area (TPSA) is 144 Å². The fourth-order valence-electron chi connectivity index (χ4n) is 2.44. The summed E-state index contributed by atoms with van der Waals surface area (Å²) in [5.74, 6) is 0.0195. The molecule has 1 saturated heterocycles. The first-order valence-corrected chi connectivity index (χ1v) is 6.28. The normalized spacial score (nSPS) is 29.1. The molecule has 3 rings (SSSR count). The lowest BCUT2D eigenvalue weighted by atomic mass is 10.1. The number of pyridine rings is 1. The zero-order valence-electron chi connectivity index (χ0n) is 10.8. The van der Waals surface area contributed by atoms with Gasteiger partial charge in [-0.05, 0) is 0 Å². The molecule has 9 heteroatoms. The van der Waals surface area contributed by atoms with Crippen LogP contribution in [0.4, 0.5) is 5.82 Å². The standard InChI is InChI=1S/C12H14N4O5/c13-10-7-5(18)1-2-16(11(7)15-4-14-10)12-9(20)8(19)6(3-17)21-12/h1-2,4,6,8-9,12,17,19-20H,3H2,(H2,13,14,15)/t6-,8-,9?,12-/m1/s1. The monoisotopic (exact) mass is 294 g/mol. The summed E-state index contributed by atoms with van der Waals surface area (Å²) in [5.41, 5.74) is 5.51. The molecular formula is C12H14N4O5. The second-order valence-electron chi connectivity index (χ2n) is 4.77. The Labute approximate surface area is 118 Å². The summed E-state index contributed by atoms with van der Waals surface area (Å²) in [7, 11) is 0. The maximum atomic E-state index is 11.9. The highest BCUT2D eigenvalue weighted by molar-refractivity contribution is 5.84. The largest absolute Gasteiger partial charge is 0.394 e. The van der Waals surface area contributed by atoms with E-state index in [0.717, 1.165) is 0 Å². The Morgan fingerprint density at radius 3 is 2.76 bits per heavy atom. The highest BCUT2D eigenvalue weighted by Crippen LogP contribution is 2.30. The van der Waals surface area contributed by atoms with E-state index in [2.05, 4.69) is 9.97 Å². The van der Waals surface area contributed by atoms with Crippen LogP contribution in [-0.2, 0) is 4.74 Å². The number of nitrogens with two attached hydrogens (primary N) is 1. The zero-order chi connectivity index (χ0) is 15.1. The molecule has 0 bridgehead atoms. The maximum absolute atomic E-state index is 11.9. The molecule has 0 aliphatic carbocycles. The third kappa shape index (κ3) is 2.07. The molecule has 2 aromatic rings. The molecule has 5 N–H and O–H groups in total. The van der Waals surface area contributed by atoms with E-state index in [9.17, 15) is 15.0 Å². The number of aliphatic hydroxyl groups is 3. The molecule has 1 aliphatic rings. The van der Waals surface area contributed by atoms with Gasteiger partial charge in [-0.15, -0.1) is 0 Å². The van der Waals surface area contributed by atoms with Crippen molar-refractivity contribution in [1.29, 1.82) is 0 Å². The number of hydrogen-bond donors (Lipinski definition) is 4. The van der Waals surface area contributed by atoms with Crippen molar-refractivity contribution in [3.05, 3.63) is 28.8 Å². The van der Waals surface area contributed by atoms with Crippen molar-refractivity contribution in [1.82, 2.24) is 14.5 Å². The number of aromatic nitrogens is 3. The Balaban J connectivity index is 2.16. The third-order valence-corrected chi connectivity index (χ3v) is 3.53. The molecule has 1 fully saturated rings. The molecule has 0 radical (unpaired) electrons.